The molecule has 0 aliphatic carbocycles. The molecule has 0 radical (unpaired) electrons. The van der Waals surface area contributed by atoms with Crippen LogP contribution in [0.2, 0.25) is 0 Å². The zero-order valence-electron chi connectivity index (χ0n) is 5.84. The second-order valence-corrected chi connectivity index (χ2v) is 2.06. The van der Waals surface area contributed by atoms with Crippen molar-refractivity contribution >= 4 is 6.08 Å². The molecule has 1 nitrogen and oxygen atoms in total. The van der Waals surface area contributed by atoms with E-state index in [9.17, 15) is 4.39 Å². The summed E-state index contributed by atoms with van der Waals surface area (Å²) in [5, 5.41) is 8.41. The Kier molecular flexibility index (Phi) is 2.03. The van der Waals surface area contributed by atoms with Gasteiger partial charge in [-0.15, -0.1) is 0 Å². The van der Waals surface area contributed by atoms with E-state index in [-0.39, 0.29) is 5.56 Å². The number of benzene rings is 1. The van der Waals surface area contributed by atoms with E-state index in [4.69, 9.17) is 5.26 Å². The van der Waals surface area contributed by atoms with Gasteiger partial charge >= 0.3 is 0 Å². The Bertz CT molecular complexity index is 323. The fourth-order valence-corrected chi connectivity index (χ4v) is 0.756. The molecular formula is C9H6FN. The van der Waals surface area contributed by atoms with Crippen molar-refractivity contribution in [3.8, 4) is 6.07 Å². The van der Waals surface area contributed by atoms with Crippen molar-refractivity contribution in [1.29, 1.82) is 5.26 Å². The molecule has 0 aromatic heterocycles. The monoisotopic (exact) mass is 147 g/mol. The Morgan fingerprint density at radius 1 is 1.55 bits per heavy atom. The maximum atomic E-state index is 12.6. The van der Waals surface area contributed by atoms with Crippen LogP contribution in [0.15, 0.2) is 24.8 Å². The number of halogens is 1. The molecule has 0 bridgehead atoms. The molecule has 0 spiro atoms. The van der Waals surface area contributed by atoms with E-state index >= 15 is 0 Å². The second kappa shape index (κ2) is 2.98. The lowest BCUT2D eigenvalue weighted by Crippen LogP contribution is -1.83. The largest absolute Gasteiger partial charge is 0.206 e. The molecular weight excluding hydrogens is 141 g/mol. The van der Waals surface area contributed by atoms with E-state index in [0.29, 0.717) is 0 Å². The van der Waals surface area contributed by atoms with Gasteiger partial charge in [-0.1, -0.05) is 18.7 Å². The van der Waals surface area contributed by atoms with Crippen LogP contribution in [0, 0.1) is 17.1 Å². The highest BCUT2D eigenvalue weighted by molar-refractivity contribution is 5.50. The smallest absolute Gasteiger partial charge is 0.140 e. The second-order valence-electron chi connectivity index (χ2n) is 2.06. The van der Waals surface area contributed by atoms with Crippen LogP contribution in [0.25, 0.3) is 6.08 Å². The van der Waals surface area contributed by atoms with Crippen LogP contribution in [0.3, 0.4) is 0 Å². The molecule has 0 atom stereocenters. The van der Waals surface area contributed by atoms with E-state index in [0.717, 1.165) is 5.56 Å². The van der Waals surface area contributed by atoms with Crippen molar-refractivity contribution in [2.75, 3.05) is 0 Å². The van der Waals surface area contributed by atoms with Crippen molar-refractivity contribution in [3.05, 3.63) is 41.7 Å². The van der Waals surface area contributed by atoms with E-state index in [1.165, 1.54) is 12.1 Å². The van der Waals surface area contributed by atoms with Gasteiger partial charge in [0.1, 0.15) is 11.9 Å². The minimum Gasteiger partial charge on any atom is -0.206 e. The normalized spacial score (nSPS) is 8.73. The molecule has 1 aromatic rings. The SMILES string of the molecule is C=Cc1ccc(F)c(C#N)c1. The lowest BCUT2D eigenvalue weighted by molar-refractivity contribution is 0.624. The summed E-state index contributed by atoms with van der Waals surface area (Å²) in [5.41, 5.74) is 0.811. The molecule has 54 valence electrons. The summed E-state index contributed by atoms with van der Waals surface area (Å²) in [6, 6.07) is 6.04. The van der Waals surface area contributed by atoms with Crippen molar-refractivity contribution in [3.63, 3.8) is 0 Å². The summed E-state index contributed by atoms with van der Waals surface area (Å²) in [6.07, 6.45) is 1.57. The third-order valence-electron chi connectivity index (χ3n) is 1.35. The maximum absolute atomic E-state index is 12.6. The van der Waals surface area contributed by atoms with Crippen LogP contribution < -0.4 is 0 Å². The molecule has 0 fully saturated rings. The van der Waals surface area contributed by atoms with Gasteiger partial charge in [-0.05, 0) is 17.7 Å². The molecule has 0 aliphatic rings. The molecule has 1 aromatic carbocycles. The number of nitrogens with zero attached hydrogens (tertiary/aromatic N) is 1. The van der Waals surface area contributed by atoms with Gasteiger partial charge in [0.15, 0.2) is 0 Å². The fraction of sp³-hybridized carbons (Fsp3) is 0. The van der Waals surface area contributed by atoms with Gasteiger partial charge in [0.2, 0.25) is 0 Å². The van der Waals surface area contributed by atoms with Gasteiger partial charge in [-0.3, -0.25) is 0 Å². The summed E-state index contributed by atoms with van der Waals surface area (Å²) in [5.74, 6) is -0.488. The Labute approximate surface area is 64.4 Å². The van der Waals surface area contributed by atoms with Crippen LogP contribution in [0.5, 0.6) is 0 Å². The third kappa shape index (κ3) is 1.44. The Morgan fingerprint density at radius 2 is 2.27 bits per heavy atom. The van der Waals surface area contributed by atoms with Crippen LogP contribution in [0.4, 0.5) is 4.39 Å². The quantitative estimate of drug-likeness (QED) is 0.598. The summed E-state index contributed by atoms with van der Waals surface area (Å²) < 4.78 is 12.6. The van der Waals surface area contributed by atoms with Crippen LogP contribution >= 0.6 is 0 Å². The average Bonchev–Trinajstić information content (AvgIpc) is 2.05. The number of rotatable bonds is 1. The first-order chi connectivity index (χ1) is 5.27. The van der Waals surface area contributed by atoms with Crippen molar-refractivity contribution < 1.29 is 4.39 Å². The van der Waals surface area contributed by atoms with E-state index in [1.54, 1.807) is 18.2 Å². The summed E-state index contributed by atoms with van der Waals surface area (Å²) in [6.45, 7) is 3.50. The van der Waals surface area contributed by atoms with Crippen molar-refractivity contribution in [2.45, 2.75) is 0 Å². The first kappa shape index (κ1) is 7.49. The molecule has 2 heteroatoms. The molecule has 0 saturated carbocycles. The zero-order chi connectivity index (χ0) is 8.27. The minimum atomic E-state index is -0.488. The molecule has 0 aliphatic heterocycles. The van der Waals surface area contributed by atoms with Gasteiger partial charge in [-0.2, -0.15) is 5.26 Å². The maximum Gasteiger partial charge on any atom is 0.140 e. The van der Waals surface area contributed by atoms with Crippen LogP contribution in [0.1, 0.15) is 11.1 Å². The number of hydrogen-bond donors (Lipinski definition) is 0. The lowest BCUT2D eigenvalue weighted by atomic mass is 10.1. The first-order valence-corrected chi connectivity index (χ1v) is 3.10. The van der Waals surface area contributed by atoms with Crippen LogP contribution in [-0.2, 0) is 0 Å². The summed E-state index contributed by atoms with van der Waals surface area (Å²) in [4.78, 5) is 0. The lowest BCUT2D eigenvalue weighted by Gasteiger charge is -1.94. The first-order valence-electron chi connectivity index (χ1n) is 3.10. The van der Waals surface area contributed by atoms with Crippen LogP contribution in [-0.4, -0.2) is 0 Å². The van der Waals surface area contributed by atoms with Gasteiger partial charge in [-0.25, -0.2) is 4.39 Å². The Morgan fingerprint density at radius 3 is 2.82 bits per heavy atom. The molecule has 0 saturated heterocycles. The molecule has 0 N–H and O–H groups in total. The summed E-state index contributed by atoms with van der Waals surface area (Å²) >= 11 is 0. The number of hydrogen-bond acceptors (Lipinski definition) is 1. The van der Waals surface area contributed by atoms with Gasteiger partial charge in [0.05, 0.1) is 5.56 Å². The highest BCUT2D eigenvalue weighted by Gasteiger charge is 1.99. The summed E-state index contributed by atoms with van der Waals surface area (Å²) in [7, 11) is 0. The molecule has 1 rings (SSSR count). The fourth-order valence-electron chi connectivity index (χ4n) is 0.756. The highest BCUT2D eigenvalue weighted by atomic mass is 19.1. The zero-order valence-corrected chi connectivity index (χ0v) is 5.84. The molecule has 0 amide bonds. The van der Waals surface area contributed by atoms with Crippen molar-refractivity contribution in [2.24, 2.45) is 0 Å². The highest BCUT2D eigenvalue weighted by Crippen LogP contribution is 2.09. The van der Waals surface area contributed by atoms with E-state index in [2.05, 4.69) is 6.58 Å². The topological polar surface area (TPSA) is 23.8 Å². The predicted octanol–water partition coefficient (Wildman–Crippen LogP) is 2.34. The third-order valence-corrected chi connectivity index (χ3v) is 1.35. The Hall–Kier alpha value is -1.62. The Balaban J connectivity index is 3.25. The van der Waals surface area contributed by atoms with E-state index in [1.807, 2.05) is 0 Å². The molecule has 0 heterocycles. The predicted molar refractivity (Wildman–Crippen MR) is 41.2 cm³/mol. The molecule has 11 heavy (non-hydrogen) atoms. The number of nitriles is 1. The van der Waals surface area contributed by atoms with Gasteiger partial charge < -0.3 is 0 Å². The average molecular weight is 147 g/mol. The van der Waals surface area contributed by atoms with Crippen molar-refractivity contribution in [1.82, 2.24) is 0 Å². The molecule has 0 unspecified atom stereocenters. The van der Waals surface area contributed by atoms with Gasteiger partial charge in [0, 0.05) is 0 Å². The minimum absolute atomic E-state index is 0.0578. The van der Waals surface area contributed by atoms with Gasteiger partial charge in [0.25, 0.3) is 0 Å². The standard InChI is InChI=1S/C9H6FN/c1-2-7-3-4-9(10)8(5-7)6-11/h2-5H,1H2. The van der Waals surface area contributed by atoms with E-state index < -0.39 is 5.82 Å².